The van der Waals surface area contributed by atoms with Crippen LogP contribution in [0.2, 0.25) is 0 Å². The van der Waals surface area contributed by atoms with Crippen molar-refractivity contribution in [1.82, 2.24) is 4.98 Å². The predicted octanol–water partition coefficient (Wildman–Crippen LogP) is 1.56. The lowest BCUT2D eigenvalue weighted by Gasteiger charge is -2.29. The summed E-state index contributed by atoms with van der Waals surface area (Å²) in [5.74, 6) is 0.206. The molecule has 1 atom stereocenters. The molecule has 70 valence electrons. The molecule has 2 rings (SSSR count). The van der Waals surface area contributed by atoms with Gasteiger partial charge >= 0.3 is 0 Å². The minimum Gasteiger partial charge on any atom is -0.347 e. The van der Waals surface area contributed by atoms with Crippen LogP contribution in [0.25, 0.3) is 0 Å². The second-order valence-corrected chi connectivity index (χ2v) is 4.17. The zero-order chi connectivity index (χ0) is 9.10. The van der Waals surface area contributed by atoms with Gasteiger partial charge < -0.3 is 9.69 Å². The van der Waals surface area contributed by atoms with Crippen LogP contribution in [0.5, 0.6) is 0 Å². The number of piperidine rings is 1. The van der Waals surface area contributed by atoms with E-state index in [9.17, 15) is 4.79 Å². The number of nitrogens with zero attached hydrogens (tertiary/aromatic N) is 2. The number of thiazole rings is 1. The number of hydrogen-bond acceptors (Lipinski definition) is 4. The number of anilines is 1. The van der Waals surface area contributed by atoms with E-state index in [2.05, 4.69) is 9.88 Å². The van der Waals surface area contributed by atoms with Gasteiger partial charge in [0.15, 0.2) is 5.13 Å². The Labute approximate surface area is 81.4 Å². The van der Waals surface area contributed by atoms with Gasteiger partial charge in [0.1, 0.15) is 6.29 Å². The summed E-state index contributed by atoms with van der Waals surface area (Å²) in [4.78, 5) is 17.1. The largest absolute Gasteiger partial charge is 0.347 e. The maximum atomic E-state index is 10.6. The molecule has 0 aliphatic carbocycles. The quantitative estimate of drug-likeness (QED) is 0.673. The first-order valence-electron chi connectivity index (χ1n) is 4.50. The Morgan fingerprint density at radius 1 is 1.69 bits per heavy atom. The van der Waals surface area contributed by atoms with Crippen molar-refractivity contribution in [3.05, 3.63) is 11.6 Å². The van der Waals surface area contributed by atoms with Crippen LogP contribution < -0.4 is 4.90 Å². The maximum absolute atomic E-state index is 10.6. The van der Waals surface area contributed by atoms with Crippen LogP contribution in [-0.2, 0) is 4.79 Å². The van der Waals surface area contributed by atoms with E-state index in [1.54, 1.807) is 11.3 Å². The molecule has 0 saturated carbocycles. The van der Waals surface area contributed by atoms with Crippen LogP contribution in [0, 0.1) is 5.92 Å². The minimum atomic E-state index is 0.206. The molecule has 0 spiro atoms. The van der Waals surface area contributed by atoms with E-state index in [4.69, 9.17) is 0 Å². The average Bonchev–Trinajstić information content (AvgIpc) is 2.71. The van der Waals surface area contributed by atoms with E-state index in [0.29, 0.717) is 0 Å². The molecule has 1 fully saturated rings. The van der Waals surface area contributed by atoms with Gasteiger partial charge in [0, 0.05) is 30.6 Å². The van der Waals surface area contributed by atoms with Crippen molar-refractivity contribution in [2.24, 2.45) is 5.92 Å². The Kier molecular flexibility index (Phi) is 2.59. The summed E-state index contributed by atoms with van der Waals surface area (Å²) in [5.41, 5.74) is 0. The molecule has 13 heavy (non-hydrogen) atoms. The van der Waals surface area contributed by atoms with Crippen molar-refractivity contribution >= 4 is 22.8 Å². The van der Waals surface area contributed by atoms with Crippen molar-refractivity contribution in [3.8, 4) is 0 Å². The first kappa shape index (κ1) is 8.69. The molecule has 1 aromatic rings. The number of hydrogen-bond donors (Lipinski definition) is 0. The van der Waals surface area contributed by atoms with Gasteiger partial charge in [-0.25, -0.2) is 4.98 Å². The summed E-state index contributed by atoms with van der Waals surface area (Å²) in [7, 11) is 0. The smallest absolute Gasteiger partial charge is 0.185 e. The molecular weight excluding hydrogens is 184 g/mol. The summed E-state index contributed by atoms with van der Waals surface area (Å²) in [6.45, 7) is 1.88. The fraction of sp³-hybridized carbons (Fsp3) is 0.556. The number of aldehydes is 1. The SMILES string of the molecule is O=CC1CCCN(c2nccs2)C1. The van der Waals surface area contributed by atoms with E-state index < -0.39 is 0 Å². The van der Waals surface area contributed by atoms with Gasteiger partial charge in [0.2, 0.25) is 0 Å². The zero-order valence-electron chi connectivity index (χ0n) is 7.35. The Morgan fingerprint density at radius 2 is 2.62 bits per heavy atom. The number of carbonyl (C=O) groups is 1. The third-order valence-corrected chi connectivity index (χ3v) is 3.17. The van der Waals surface area contributed by atoms with Crippen molar-refractivity contribution < 1.29 is 4.79 Å². The minimum absolute atomic E-state index is 0.206. The highest BCUT2D eigenvalue weighted by Gasteiger charge is 2.20. The van der Waals surface area contributed by atoms with E-state index in [0.717, 1.165) is 37.3 Å². The fourth-order valence-corrected chi connectivity index (χ4v) is 2.35. The van der Waals surface area contributed by atoms with Gasteiger partial charge in [-0.05, 0) is 12.8 Å². The van der Waals surface area contributed by atoms with Crippen molar-refractivity contribution in [1.29, 1.82) is 0 Å². The van der Waals surface area contributed by atoms with Gasteiger partial charge in [0.25, 0.3) is 0 Å². The molecule has 0 N–H and O–H groups in total. The normalized spacial score (nSPS) is 23.1. The van der Waals surface area contributed by atoms with Gasteiger partial charge in [-0.1, -0.05) is 0 Å². The summed E-state index contributed by atoms with van der Waals surface area (Å²) in [5, 5.41) is 3.02. The third-order valence-electron chi connectivity index (χ3n) is 2.34. The second-order valence-electron chi connectivity index (χ2n) is 3.30. The number of carbonyl (C=O) groups excluding carboxylic acids is 1. The van der Waals surface area contributed by atoms with E-state index in [1.807, 2.05) is 11.6 Å². The van der Waals surface area contributed by atoms with Crippen molar-refractivity contribution in [2.75, 3.05) is 18.0 Å². The first-order chi connectivity index (χ1) is 6.40. The topological polar surface area (TPSA) is 33.2 Å². The molecule has 1 aliphatic rings. The highest BCUT2D eigenvalue weighted by atomic mass is 32.1. The fourth-order valence-electron chi connectivity index (χ4n) is 1.67. The summed E-state index contributed by atoms with van der Waals surface area (Å²) in [6, 6.07) is 0. The molecule has 0 bridgehead atoms. The Balaban J connectivity index is 2.04. The predicted molar refractivity (Wildman–Crippen MR) is 53.1 cm³/mol. The first-order valence-corrected chi connectivity index (χ1v) is 5.38. The molecule has 1 unspecified atom stereocenters. The monoisotopic (exact) mass is 196 g/mol. The van der Waals surface area contributed by atoms with Crippen LogP contribution in [0.1, 0.15) is 12.8 Å². The molecule has 1 saturated heterocycles. The summed E-state index contributed by atoms with van der Waals surface area (Å²) < 4.78 is 0. The van der Waals surface area contributed by atoms with Crippen LogP contribution in [0.15, 0.2) is 11.6 Å². The Morgan fingerprint density at radius 3 is 3.31 bits per heavy atom. The lowest BCUT2D eigenvalue weighted by molar-refractivity contribution is -0.111. The molecule has 0 amide bonds. The maximum Gasteiger partial charge on any atom is 0.185 e. The molecule has 3 nitrogen and oxygen atoms in total. The molecule has 0 aromatic carbocycles. The molecule has 0 radical (unpaired) electrons. The Bertz CT molecular complexity index is 273. The van der Waals surface area contributed by atoms with E-state index in [1.165, 1.54) is 0 Å². The standard InChI is InChI=1S/C9H12N2OS/c12-7-8-2-1-4-11(6-8)9-10-3-5-13-9/h3,5,7-8H,1-2,4,6H2. The highest BCUT2D eigenvalue weighted by molar-refractivity contribution is 7.13. The molecule has 2 heterocycles. The average molecular weight is 196 g/mol. The lowest BCUT2D eigenvalue weighted by atomic mass is 10.0. The van der Waals surface area contributed by atoms with Crippen LogP contribution >= 0.6 is 11.3 Å². The molecule has 4 heteroatoms. The number of aromatic nitrogens is 1. The van der Waals surface area contributed by atoms with E-state index in [-0.39, 0.29) is 5.92 Å². The second kappa shape index (κ2) is 3.87. The molecule has 1 aromatic heterocycles. The number of rotatable bonds is 2. The van der Waals surface area contributed by atoms with Crippen molar-refractivity contribution in [2.45, 2.75) is 12.8 Å². The van der Waals surface area contributed by atoms with Gasteiger partial charge in [0.05, 0.1) is 0 Å². The zero-order valence-corrected chi connectivity index (χ0v) is 8.17. The van der Waals surface area contributed by atoms with Crippen LogP contribution in [0.3, 0.4) is 0 Å². The lowest BCUT2D eigenvalue weighted by Crippen LogP contribution is -2.35. The van der Waals surface area contributed by atoms with Crippen LogP contribution in [-0.4, -0.2) is 24.4 Å². The van der Waals surface area contributed by atoms with Gasteiger partial charge in [-0.2, -0.15) is 0 Å². The van der Waals surface area contributed by atoms with Gasteiger partial charge in [-0.15, -0.1) is 11.3 Å². The highest BCUT2D eigenvalue weighted by Crippen LogP contribution is 2.23. The van der Waals surface area contributed by atoms with Crippen molar-refractivity contribution in [3.63, 3.8) is 0 Å². The molecule has 1 aliphatic heterocycles. The summed E-state index contributed by atoms with van der Waals surface area (Å²) >= 11 is 1.64. The Hall–Kier alpha value is -0.900. The summed E-state index contributed by atoms with van der Waals surface area (Å²) in [6.07, 6.45) is 5.01. The van der Waals surface area contributed by atoms with E-state index >= 15 is 0 Å². The van der Waals surface area contributed by atoms with Crippen LogP contribution in [0.4, 0.5) is 5.13 Å². The molecular formula is C9H12N2OS. The van der Waals surface area contributed by atoms with Gasteiger partial charge in [-0.3, -0.25) is 0 Å². The third kappa shape index (κ3) is 1.88.